The molecular formula is C18H15N3O3. The van der Waals surface area contributed by atoms with Crippen molar-refractivity contribution in [2.45, 2.75) is 13.0 Å². The molecule has 0 amide bonds. The summed E-state index contributed by atoms with van der Waals surface area (Å²) in [5.41, 5.74) is 2.37. The summed E-state index contributed by atoms with van der Waals surface area (Å²) in [5, 5.41) is 25.6. The molecule has 0 aliphatic heterocycles. The third-order valence-corrected chi connectivity index (χ3v) is 3.41. The van der Waals surface area contributed by atoms with Gasteiger partial charge in [-0.05, 0) is 48.4 Å². The van der Waals surface area contributed by atoms with Gasteiger partial charge in [0.25, 0.3) is 5.89 Å². The monoisotopic (exact) mass is 321 g/mol. The molecule has 1 heterocycles. The first-order valence-electron chi connectivity index (χ1n) is 7.44. The average Bonchev–Trinajstić information content (AvgIpc) is 3.10. The number of nitriles is 1. The number of rotatable bonds is 6. The maximum absolute atomic E-state index is 8.89. The Morgan fingerprint density at radius 3 is 2.46 bits per heavy atom. The lowest BCUT2D eigenvalue weighted by molar-refractivity contribution is 0.264. The van der Waals surface area contributed by atoms with Crippen LogP contribution in [0.25, 0.3) is 11.5 Å². The molecule has 2 aromatic carbocycles. The average molecular weight is 321 g/mol. The molecule has 0 bridgehead atoms. The van der Waals surface area contributed by atoms with Gasteiger partial charge in [-0.1, -0.05) is 12.1 Å². The maximum atomic E-state index is 8.89. The number of benzene rings is 2. The molecule has 0 saturated carbocycles. The van der Waals surface area contributed by atoms with E-state index in [1.54, 1.807) is 24.3 Å². The van der Waals surface area contributed by atoms with Crippen molar-refractivity contribution in [3.8, 4) is 23.3 Å². The SMILES string of the molecule is N#Cc1ccc(-c2nnc(COc3ccc(CCO)cc3)o2)cc1. The van der Waals surface area contributed by atoms with E-state index in [-0.39, 0.29) is 13.2 Å². The Morgan fingerprint density at radius 1 is 1.04 bits per heavy atom. The van der Waals surface area contributed by atoms with E-state index in [1.807, 2.05) is 24.3 Å². The Bertz CT molecular complexity index is 833. The Balaban J connectivity index is 1.62. The lowest BCUT2D eigenvalue weighted by Gasteiger charge is -2.04. The van der Waals surface area contributed by atoms with E-state index in [0.29, 0.717) is 29.5 Å². The number of aromatic nitrogens is 2. The summed E-state index contributed by atoms with van der Waals surface area (Å²) in [7, 11) is 0. The fraction of sp³-hybridized carbons (Fsp3) is 0.167. The fourth-order valence-corrected chi connectivity index (χ4v) is 2.14. The highest BCUT2D eigenvalue weighted by Crippen LogP contribution is 2.19. The van der Waals surface area contributed by atoms with Crippen molar-refractivity contribution < 1.29 is 14.3 Å². The number of hydrogen-bond donors (Lipinski definition) is 1. The van der Waals surface area contributed by atoms with Crippen LogP contribution < -0.4 is 4.74 Å². The highest BCUT2D eigenvalue weighted by atomic mass is 16.5. The first kappa shape index (κ1) is 15.7. The van der Waals surface area contributed by atoms with Gasteiger partial charge < -0.3 is 14.3 Å². The molecule has 0 radical (unpaired) electrons. The zero-order valence-electron chi connectivity index (χ0n) is 12.8. The van der Waals surface area contributed by atoms with Crippen molar-refractivity contribution in [3.63, 3.8) is 0 Å². The molecule has 0 fully saturated rings. The van der Waals surface area contributed by atoms with Crippen LogP contribution in [-0.4, -0.2) is 21.9 Å². The van der Waals surface area contributed by atoms with E-state index in [4.69, 9.17) is 19.5 Å². The molecule has 1 aromatic heterocycles. The number of ether oxygens (including phenoxy) is 1. The van der Waals surface area contributed by atoms with Gasteiger partial charge in [-0.25, -0.2) is 0 Å². The van der Waals surface area contributed by atoms with Gasteiger partial charge in [0.2, 0.25) is 5.89 Å². The van der Waals surface area contributed by atoms with Gasteiger partial charge in [-0.15, -0.1) is 10.2 Å². The lowest BCUT2D eigenvalue weighted by Crippen LogP contribution is -1.96. The van der Waals surface area contributed by atoms with Gasteiger partial charge in [-0.2, -0.15) is 5.26 Å². The third-order valence-electron chi connectivity index (χ3n) is 3.41. The maximum Gasteiger partial charge on any atom is 0.254 e. The summed E-state index contributed by atoms with van der Waals surface area (Å²) in [4.78, 5) is 0. The molecule has 0 unspecified atom stereocenters. The second-order valence-corrected chi connectivity index (χ2v) is 5.10. The van der Waals surface area contributed by atoms with Crippen LogP contribution in [0.4, 0.5) is 0 Å². The minimum Gasteiger partial charge on any atom is -0.484 e. The number of nitrogens with zero attached hydrogens (tertiary/aromatic N) is 3. The van der Waals surface area contributed by atoms with Crippen LogP contribution >= 0.6 is 0 Å². The van der Waals surface area contributed by atoms with Crippen molar-refractivity contribution >= 4 is 0 Å². The summed E-state index contributed by atoms with van der Waals surface area (Å²) in [6.07, 6.45) is 0.623. The predicted molar refractivity (Wildman–Crippen MR) is 86.0 cm³/mol. The largest absolute Gasteiger partial charge is 0.484 e. The van der Waals surface area contributed by atoms with E-state index in [2.05, 4.69) is 16.3 Å². The molecule has 1 N–H and O–H groups in total. The molecule has 24 heavy (non-hydrogen) atoms. The van der Waals surface area contributed by atoms with E-state index in [0.717, 1.165) is 11.1 Å². The first-order valence-corrected chi connectivity index (χ1v) is 7.44. The van der Waals surface area contributed by atoms with Crippen molar-refractivity contribution in [2.75, 3.05) is 6.61 Å². The number of aliphatic hydroxyl groups excluding tert-OH is 1. The van der Waals surface area contributed by atoms with Crippen LogP contribution in [0.15, 0.2) is 52.9 Å². The zero-order chi connectivity index (χ0) is 16.8. The van der Waals surface area contributed by atoms with Gasteiger partial charge in [-0.3, -0.25) is 0 Å². The second-order valence-electron chi connectivity index (χ2n) is 5.10. The summed E-state index contributed by atoms with van der Waals surface area (Å²) >= 11 is 0. The molecule has 0 aliphatic carbocycles. The van der Waals surface area contributed by atoms with Crippen molar-refractivity contribution in [3.05, 3.63) is 65.5 Å². The normalized spacial score (nSPS) is 10.3. The lowest BCUT2D eigenvalue weighted by atomic mass is 10.1. The summed E-state index contributed by atoms with van der Waals surface area (Å²) < 4.78 is 11.2. The van der Waals surface area contributed by atoms with Crippen molar-refractivity contribution in [1.82, 2.24) is 10.2 Å². The molecule has 3 aromatic rings. The minimum absolute atomic E-state index is 0.125. The van der Waals surface area contributed by atoms with Crippen LogP contribution in [0, 0.1) is 11.3 Å². The summed E-state index contributed by atoms with van der Waals surface area (Å²) in [6, 6.07) is 16.5. The fourth-order valence-electron chi connectivity index (χ4n) is 2.14. The van der Waals surface area contributed by atoms with Gasteiger partial charge in [0.05, 0.1) is 11.6 Å². The molecular weight excluding hydrogens is 306 g/mol. The molecule has 3 rings (SSSR count). The molecule has 0 aliphatic rings. The van der Waals surface area contributed by atoms with Gasteiger partial charge in [0.1, 0.15) is 5.75 Å². The van der Waals surface area contributed by atoms with Gasteiger partial charge in [0.15, 0.2) is 6.61 Å². The van der Waals surface area contributed by atoms with Crippen LogP contribution in [0.1, 0.15) is 17.0 Å². The smallest absolute Gasteiger partial charge is 0.254 e. The molecule has 0 atom stereocenters. The third kappa shape index (κ3) is 3.77. The Kier molecular flexibility index (Phi) is 4.84. The van der Waals surface area contributed by atoms with Gasteiger partial charge in [0, 0.05) is 12.2 Å². The first-order chi connectivity index (χ1) is 11.8. The Hall–Kier alpha value is -3.17. The molecule has 6 heteroatoms. The number of aliphatic hydroxyl groups is 1. The quantitative estimate of drug-likeness (QED) is 0.750. The van der Waals surface area contributed by atoms with Crippen LogP contribution in [0.3, 0.4) is 0 Å². The highest BCUT2D eigenvalue weighted by Gasteiger charge is 2.09. The van der Waals surface area contributed by atoms with Crippen LogP contribution in [0.2, 0.25) is 0 Å². The zero-order valence-corrected chi connectivity index (χ0v) is 12.8. The minimum atomic E-state index is 0.125. The van der Waals surface area contributed by atoms with E-state index in [1.165, 1.54) is 0 Å². The predicted octanol–water partition coefficient (Wildman–Crippen LogP) is 2.72. The van der Waals surface area contributed by atoms with Crippen molar-refractivity contribution in [1.29, 1.82) is 5.26 Å². The van der Waals surface area contributed by atoms with Crippen LogP contribution in [-0.2, 0) is 13.0 Å². The van der Waals surface area contributed by atoms with E-state index >= 15 is 0 Å². The topological polar surface area (TPSA) is 92.2 Å². The molecule has 6 nitrogen and oxygen atoms in total. The summed E-state index contributed by atoms with van der Waals surface area (Å²) in [5.74, 6) is 1.44. The van der Waals surface area contributed by atoms with Crippen LogP contribution in [0.5, 0.6) is 5.75 Å². The Morgan fingerprint density at radius 2 is 1.79 bits per heavy atom. The highest BCUT2D eigenvalue weighted by molar-refractivity contribution is 5.54. The summed E-state index contributed by atoms with van der Waals surface area (Å²) in [6.45, 7) is 0.295. The standard InChI is InChI=1S/C18H15N3O3/c19-11-14-1-5-15(6-2-14)18-21-20-17(24-18)12-23-16-7-3-13(4-8-16)9-10-22/h1-8,22H,9-10,12H2. The van der Waals surface area contributed by atoms with Gasteiger partial charge >= 0.3 is 0 Å². The molecule has 0 saturated heterocycles. The van der Waals surface area contributed by atoms with Crippen molar-refractivity contribution in [2.24, 2.45) is 0 Å². The molecule has 0 spiro atoms. The Labute approximate surface area is 139 Å². The van der Waals surface area contributed by atoms with E-state index < -0.39 is 0 Å². The molecule has 120 valence electrons. The number of hydrogen-bond acceptors (Lipinski definition) is 6. The van der Waals surface area contributed by atoms with E-state index in [9.17, 15) is 0 Å². The second kappa shape index (κ2) is 7.40.